The molecule has 1 saturated carbocycles. The molecule has 1 fully saturated rings. The summed E-state index contributed by atoms with van der Waals surface area (Å²) in [6, 6.07) is 10.2. The van der Waals surface area contributed by atoms with Crippen LogP contribution < -0.4 is 14.8 Å². The van der Waals surface area contributed by atoms with E-state index in [1.165, 1.54) is 12.8 Å². The fourth-order valence-corrected chi connectivity index (χ4v) is 3.54. The highest BCUT2D eigenvalue weighted by atomic mass is 32.2. The monoisotopic (exact) mass is 416 g/mol. The molecular weight excluding hydrogens is 388 g/mol. The van der Waals surface area contributed by atoms with Crippen molar-refractivity contribution in [3.8, 4) is 5.75 Å². The molecule has 0 atom stereocenters. The second-order valence-electron chi connectivity index (χ2n) is 7.87. The number of anilines is 2. The van der Waals surface area contributed by atoms with E-state index < -0.39 is 15.3 Å². The summed E-state index contributed by atoms with van der Waals surface area (Å²) in [5.74, 6) is 1.22. The zero-order valence-corrected chi connectivity index (χ0v) is 18.1. The van der Waals surface area contributed by atoms with Crippen molar-refractivity contribution in [1.82, 2.24) is 0 Å². The molecule has 0 aromatic heterocycles. The highest BCUT2D eigenvalue weighted by Gasteiger charge is 2.23. The average molecular weight is 417 g/mol. The Morgan fingerprint density at radius 2 is 1.76 bits per heavy atom. The van der Waals surface area contributed by atoms with Gasteiger partial charge in [0.1, 0.15) is 5.75 Å². The van der Waals surface area contributed by atoms with Crippen LogP contribution in [0.4, 0.5) is 11.4 Å². The lowest BCUT2D eigenvalue weighted by Gasteiger charge is -2.16. The van der Waals surface area contributed by atoms with Crippen LogP contribution in [0.25, 0.3) is 0 Å². The number of sulfonamides is 1. The summed E-state index contributed by atoms with van der Waals surface area (Å²) in [4.78, 5) is 12.7. The largest absolute Gasteiger partial charge is 0.493 e. The number of ether oxygens (including phenoxy) is 1. The van der Waals surface area contributed by atoms with Gasteiger partial charge in [-0.05, 0) is 82.3 Å². The predicted molar refractivity (Wildman–Crippen MR) is 116 cm³/mol. The summed E-state index contributed by atoms with van der Waals surface area (Å²) >= 11 is 0. The van der Waals surface area contributed by atoms with Crippen LogP contribution in [0.2, 0.25) is 0 Å². The fourth-order valence-electron chi connectivity index (χ4n) is 2.84. The van der Waals surface area contributed by atoms with Gasteiger partial charge in [0.25, 0.3) is 5.91 Å². The van der Waals surface area contributed by atoms with Crippen LogP contribution in [0.15, 0.2) is 36.4 Å². The third-order valence-corrected chi connectivity index (χ3v) is 6.80. The third-order valence-electron chi connectivity index (χ3n) is 5.04. The second kappa shape index (κ2) is 8.45. The van der Waals surface area contributed by atoms with E-state index in [0.29, 0.717) is 29.5 Å². The molecule has 7 heteroatoms. The summed E-state index contributed by atoms with van der Waals surface area (Å²) in [6.45, 7) is 7.87. The molecule has 0 unspecified atom stereocenters. The Hall–Kier alpha value is -2.54. The molecule has 1 aliphatic carbocycles. The van der Waals surface area contributed by atoms with Gasteiger partial charge in [-0.15, -0.1) is 0 Å². The number of hydrogen-bond acceptors (Lipinski definition) is 4. The van der Waals surface area contributed by atoms with Gasteiger partial charge in [-0.1, -0.05) is 6.07 Å². The molecule has 156 valence electrons. The summed E-state index contributed by atoms with van der Waals surface area (Å²) in [5.41, 5.74) is 3.52. The van der Waals surface area contributed by atoms with E-state index in [-0.39, 0.29) is 5.91 Å². The molecule has 0 aliphatic heterocycles. The molecule has 29 heavy (non-hydrogen) atoms. The topological polar surface area (TPSA) is 84.5 Å². The number of nitrogens with one attached hydrogen (secondary N) is 2. The van der Waals surface area contributed by atoms with Gasteiger partial charge in [-0.2, -0.15) is 0 Å². The van der Waals surface area contributed by atoms with Crippen LogP contribution in [0.3, 0.4) is 0 Å². The van der Waals surface area contributed by atoms with Crippen LogP contribution in [0.5, 0.6) is 5.75 Å². The molecule has 0 radical (unpaired) electrons. The summed E-state index contributed by atoms with van der Waals surface area (Å²) in [5, 5.41) is 2.39. The van der Waals surface area contributed by atoms with E-state index in [4.69, 9.17) is 4.74 Å². The SMILES string of the molecule is Cc1ccc(NC(=O)c2ccc(NS(=O)(=O)C(C)C)cc2)c(C)c1OCC1CC1. The van der Waals surface area contributed by atoms with Crippen molar-refractivity contribution < 1.29 is 17.9 Å². The zero-order valence-electron chi connectivity index (χ0n) is 17.3. The fraction of sp³-hybridized carbons (Fsp3) is 0.409. The Morgan fingerprint density at radius 3 is 2.34 bits per heavy atom. The number of carbonyl (C=O) groups excluding carboxylic acids is 1. The first-order valence-corrected chi connectivity index (χ1v) is 11.4. The molecule has 3 rings (SSSR count). The highest BCUT2D eigenvalue weighted by Crippen LogP contribution is 2.34. The van der Waals surface area contributed by atoms with E-state index in [2.05, 4.69) is 10.0 Å². The number of carbonyl (C=O) groups is 1. The van der Waals surface area contributed by atoms with Gasteiger partial charge in [0.15, 0.2) is 0 Å². The predicted octanol–water partition coefficient (Wildman–Crippen LogP) is 4.49. The Kier molecular flexibility index (Phi) is 6.17. The minimum atomic E-state index is -3.42. The van der Waals surface area contributed by atoms with E-state index >= 15 is 0 Å². The lowest BCUT2D eigenvalue weighted by atomic mass is 10.1. The molecule has 1 aliphatic rings. The number of benzene rings is 2. The van der Waals surface area contributed by atoms with Gasteiger partial charge in [-0.25, -0.2) is 8.42 Å². The first-order chi connectivity index (χ1) is 13.7. The van der Waals surface area contributed by atoms with Crippen LogP contribution >= 0.6 is 0 Å². The van der Waals surface area contributed by atoms with Crippen molar-refractivity contribution in [3.05, 3.63) is 53.1 Å². The van der Waals surface area contributed by atoms with Crippen molar-refractivity contribution in [2.75, 3.05) is 16.6 Å². The Morgan fingerprint density at radius 1 is 1.10 bits per heavy atom. The molecule has 2 aromatic rings. The van der Waals surface area contributed by atoms with E-state index in [0.717, 1.165) is 16.9 Å². The van der Waals surface area contributed by atoms with Gasteiger partial charge in [0.05, 0.1) is 11.9 Å². The van der Waals surface area contributed by atoms with Crippen molar-refractivity contribution in [2.45, 2.75) is 45.8 Å². The molecule has 2 N–H and O–H groups in total. The number of rotatable bonds is 8. The molecule has 1 amide bonds. The first kappa shape index (κ1) is 21.2. The summed E-state index contributed by atoms with van der Waals surface area (Å²) < 4.78 is 32.4. The average Bonchev–Trinajstić information content (AvgIpc) is 3.48. The van der Waals surface area contributed by atoms with Crippen molar-refractivity contribution in [1.29, 1.82) is 0 Å². The lowest BCUT2D eigenvalue weighted by Crippen LogP contribution is -2.22. The summed E-state index contributed by atoms with van der Waals surface area (Å²) in [7, 11) is -3.42. The molecular formula is C22H28N2O4S. The maximum atomic E-state index is 12.7. The maximum Gasteiger partial charge on any atom is 0.255 e. The molecule has 0 saturated heterocycles. The Labute approximate surface area is 172 Å². The van der Waals surface area contributed by atoms with Crippen LogP contribution in [0.1, 0.15) is 48.2 Å². The van der Waals surface area contributed by atoms with E-state index in [1.807, 2.05) is 26.0 Å². The van der Waals surface area contributed by atoms with Gasteiger partial charge in [0, 0.05) is 22.5 Å². The van der Waals surface area contributed by atoms with Crippen LogP contribution in [-0.2, 0) is 10.0 Å². The molecule has 2 aromatic carbocycles. The molecule has 6 nitrogen and oxygen atoms in total. The zero-order chi connectivity index (χ0) is 21.2. The number of hydrogen-bond donors (Lipinski definition) is 2. The third kappa shape index (κ3) is 5.29. The normalized spacial score (nSPS) is 14.0. The van der Waals surface area contributed by atoms with E-state index in [9.17, 15) is 13.2 Å². The summed E-state index contributed by atoms with van der Waals surface area (Å²) in [6.07, 6.45) is 2.44. The van der Waals surface area contributed by atoms with Crippen LogP contribution in [0, 0.1) is 19.8 Å². The highest BCUT2D eigenvalue weighted by molar-refractivity contribution is 7.93. The van der Waals surface area contributed by atoms with Crippen molar-refractivity contribution in [2.24, 2.45) is 5.92 Å². The Bertz CT molecular complexity index is 994. The quantitative estimate of drug-likeness (QED) is 0.664. The van der Waals surface area contributed by atoms with Gasteiger partial charge < -0.3 is 10.1 Å². The lowest BCUT2D eigenvalue weighted by molar-refractivity contribution is 0.102. The molecule has 0 heterocycles. The number of aryl methyl sites for hydroxylation is 1. The van der Waals surface area contributed by atoms with Gasteiger partial charge >= 0.3 is 0 Å². The number of amides is 1. The van der Waals surface area contributed by atoms with Crippen LogP contribution in [-0.4, -0.2) is 26.2 Å². The maximum absolute atomic E-state index is 12.7. The standard InChI is InChI=1S/C22H28N2O4S/c1-14(2)29(26,27)24-19-10-8-18(9-11-19)22(25)23-20-12-5-15(3)21(16(20)4)28-13-17-6-7-17/h5,8-12,14,17,24H,6-7,13H2,1-4H3,(H,23,25). The van der Waals surface area contributed by atoms with E-state index in [1.54, 1.807) is 38.1 Å². The van der Waals surface area contributed by atoms with Gasteiger partial charge in [-0.3, -0.25) is 9.52 Å². The molecule has 0 spiro atoms. The first-order valence-electron chi connectivity index (χ1n) is 9.83. The van der Waals surface area contributed by atoms with Gasteiger partial charge in [0.2, 0.25) is 10.0 Å². The molecule has 0 bridgehead atoms. The Balaban J connectivity index is 1.70. The van der Waals surface area contributed by atoms with Crippen molar-refractivity contribution >= 4 is 27.3 Å². The second-order valence-corrected chi connectivity index (χ2v) is 10.1. The minimum Gasteiger partial charge on any atom is -0.493 e. The smallest absolute Gasteiger partial charge is 0.255 e. The van der Waals surface area contributed by atoms with Crippen molar-refractivity contribution in [3.63, 3.8) is 0 Å². The minimum absolute atomic E-state index is 0.261.